The van der Waals surface area contributed by atoms with Crippen LogP contribution in [0.4, 0.5) is 0 Å². The zero-order valence-corrected chi connectivity index (χ0v) is 11.3. The second kappa shape index (κ2) is 6.63. The SMILES string of the molecule is CCCN(CCBr)C(=O)c1ncccc1C. The predicted octanol–water partition coefficient (Wildman–Crippen LogP) is 2.64. The van der Waals surface area contributed by atoms with Gasteiger partial charge in [-0.3, -0.25) is 9.78 Å². The molecule has 0 aliphatic carbocycles. The highest BCUT2D eigenvalue weighted by Crippen LogP contribution is 2.08. The minimum atomic E-state index is 0.0272. The van der Waals surface area contributed by atoms with Crippen molar-refractivity contribution >= 4 is 21.8 Å². The Morgan fingerprint density at radius 1 is 1.50 bits per heavy atom. The summed E-state index contributed by atoms with van der Waals surface area (Å²) < 4.78 is 0. The summed E-state index contributed by atoms with van der Waals surface area (Å²) in [6.07, 6.45) is 2.63. The second-order valence-electron chi connectivity index (χ2n) is 3.65. The van der Waals surface area contributed by atoms with Crippen LogP contribution in [0.25, 0.3) is 0 Å². The zero-order valence-electron chi connectivity index (χ0n) is 9.74. The highest BCUT2D eigenvalue weighted by Gasteiger charge is 2.17. The zero-order chi connectivity index (χ0) is 12.0. The van der Waals surface area contributed by atoms with E-state index in [1.165, 1.54) is 0 Å². The molecule has 0 unspecified atom stereocenters. The lowest BCUT2D eigenvalue weighted by molar-refractivity contribution is 0.0760. The Balaban J connectivity index is 2.85. The number of hydrogen-bond acceptors (Lipinski definition) is 2. The summed E-state index contributed by atoms with van der Waals surface area (Å²) in [5.41, 5.74) is 1.50. The van der Waals surface area contributed by atoms with Crippen molar-refractivity contribution in [3.05, 3.63) is 29.6 Å². The van der Waals surface area contributed by atoms with Crippen LogP contribution in [-0.4, -0.2) is 34.2 Å². The molecule has 3 nitrogen and oxygen atoms in total. The molecule has 0 atom stereocenters. The molecule has 1 amide bonds. The number of pyridine rings is 1. The first-order chi connectivity index (χ1) is 7.70. The maximum atomic E-state index is 12.2. The van der Waals surface area contributed by atoms with Gasteiger partial charge in [0.25, 0.3) is 5.91 Å². The van der Waals surface area contributed by atoms with Gasteiger partial charge in [-0.2, -0.15) is 0 Å². The van der Waals surface area contributed by atoms with Crippen molar-refractivity contribution in [1.29, 1.82) is 0 Å². The number of amides is 1. The van der Waals surface area contributed by atoms with Gasteiger partial charge in [-0.25, -0.2) is 0 Å². The van der Waals surface area contributed by atoms with Crippen molar-refractivity contribution in [3.63, 3.8) is 0 Å². The van der Waals surface area contributed by atoms with E-state index in [4.69, 9.17) is 0 Å². The number of rotatable bonds is 5. The van der Waals surface area contributed by atoms with E-state index in [2.05, 4.69) is 27.8 Å². The molecule has 0 saturated carbocycles. The fourth-order valence-corrected chi connectivity index (χ4v) is 1.97. The Bertz CT molecular complexity index is 349. The van der Waals surface area contributed by atoms with Gasteiger partial charge in [-0.05, 0) is 25.0 Å². The largest absolute Gasteiger partial charge is 0.336 e. The molecule has 0 fully saturated rings. The number of alkyl halides is 1. The normalized spacial score (nSPS) is 10.2. The lowest BCUT2D eigenvalue weighted by Gasteiger charge is -2.21. The van der Waals surface area contributed by atoms with Crippen LogP contribution in [0.3, 0.4) is 0 Å². The van der Waals surface area contributed by atoms with Gasteiger partial charge in [0.1, 0.15) is 5.69 Å². The number of aromatic nitrogens is 1. The highest BCUT2D eigenvalue weighted by atomic mass is 79.9. The van der Waals surface area contributed by atoms with E-state index in [-0.39, 0.29) is 5.91 Å². The minimum absolute atomic E-state index is 0.0272. The van der Waals surface area contributed by atoms with Crippen LogP contribution in [0.1, 0.15) is 29.4 Å². The number of hydrogen-bond donors (Lipinski definition) is 0. The van der Waals surface area contributed by atoms with Gasteiger partial charge >= 0.3 is 0 Å². The molecular formula is C12H17BrN2O. The molecule has 16 heavy (non-hydrogen) atoms. The Hall–Kier alpha value is -0.900. The summed E-state index contributed by atoms with van der Waals surface area (Å²) in [7, 11) is 0. The Kier molecular flexibility index (Phi) is 5.46. The molecule has 88 valence electrons. The van der Waals surface area contributed by atoms with Gasteiger partial charge in [0.05, 0.1) is 0 Å². The van der Waals surface area contributed by atoms with Gasteiger partial charge in [0, 0.05) is 24.6 Å². The number of aryl methyl sites for hydroxylation is 1. The molecule has 4 heteroatoms. The van der Waals surface area contributed by atoms with E-state index in [9.17, 15) is 4.79 Å². The molecule has 0 aromatic carbocycles. The first kappa shape index (κ1) is 13.2. The maximum Gasteiger partial charge on any atom is 0.272 e. The van der Waals surface area contributed by atoms with E-state index in [1.54, 1.807) is 6.20 Å². The number of carbonyl (C=O) groups excluding carboxylic acids is 1. The van der Waals surface area contributed by atoms with Gasteiger partial charge in [0.2, 0.25) is 0 Å². The standard InChI is InChI=1S/C12H17BrN2O/c1-3-8-15(9-6-13)12(16)11-10(2)5-4-7-14-11/h4-5,7H,3,6,8-9H2,1-2H3. The van der Waals surface area contributed by atoms with Crippen LogP contribution < -0.4 is 0 Å². The van der Waals surface area contributed by atoms with Crippen molar-refractivity contribution in [2.24, 2.45) is 0 Å². The average molecular weight is 285 g/mol. The van der Waals surface area contributed by atoms with Crippen LogP contribution in [0.5, 0.6) is 0 Å². The summed E-state index contributed by atoms with van der Waals surface area (Å²) in [6.45, 7) is 5.49. The summed E-state index contributed by atoms with van der Waals surface area (Å²) in [6, 6.07) is 3.76. The first-order valence-corrected chi connectivity index (χ1v) is 6.59. The predicted molar refractivity (Wildman–Crippen MR) is 69.0 cm³/mol. The third kappa shape index (κ3) is 3.30. The molecule has 1 rings (SSSR count). The van der Waals surface area contributed by atoms with Crippen LogP contribution in [0.15, 0.2) is 18.3 Å². The van der Waals surface area contributed by atoms with E-state index in [0.717, 1.165) is 30.4 Å². The van der Waals surface area contributed by atoms with E-state index in [1.807, 2.05) is 24.0 Å². The Morgan fingerprint density at radius 2 is 2.25 bits per heavy atom. The Labute approximate surface area is 105 Å². The number of nitrogens with zero attached hydrogens (tertiary/aromatic N) is 2. The first-order valence-electron chi connectivity index (χ1n) is 5.47. The fourth-order valence-electron chi connectivity index (χ4n) is 1.55. The van der Waals surface area contributed by atoms with Gasteiger partial charge in [0.15, 0.2) is 0 Å². The van der Waals surface area contributed by atoms with Crippen LogP contribution in [-0.2, 0) is 0 Å². The molecule has 0 bridgehead atoms. The van der Waals surface area contributed by atoms with Crippen molar-refractivity contribution in [2.45, 2.75) is 20.3 Å². The molecule has 1 aromatic heterocycles. The fraction of sp³-hybridized carbons (Fsp3) is 0.500. The van der Waals surface area contributed by atoms with E-state index >= 15 is 0 Å². The molecule has 0 aliphatic rings. The van der Waals surface area contributed by atoms with Crippen molar-refractivity contribution in [3.8, 4) is 0 Å². The monoisotopic (exact) mass is 284 g/mol. The molecular weight excluding hydrogens is 268 g/mol. The quantitative estimate of drug-likeness (QED) is 0.779. The molecule has 0 radical (unpaired) electrons. The summed E-state index contributed by atoms with van der Waals surface area (Å²) in [5.74, 6) is 0.0272. The molecule has 0 aliphatic heterocycles. The van der Waals surface area contributed by atoms with Gasteiger partial charge in [-0.15, -0.1) is 0 Å². The smallest absolute Gasteiger partial charge is 0.272 e. The summed E-state index contributed by atoms with van der Waals surface area (Å²) >= 11 is 3.37. The molecule has 1 heterocycles. The number of halogens is 1. The Morgan fingerprint density at radius 3 is 2.81 bits per heavy atom. The van der Waals surface area contributed by atoms with Crippen LogP contribution in [0, 0.1) is 6.92 Å². The maximum absolute atomic E-state index is 12.2. The lowest BCUT2D eigenvalue weighted by atomic mass is 10.2. The third-order valence-electron chi connectivity index (χ3n) is 2.35. The number of carbonyl (C=O) groups is 1. The third-order valence-corrected chi connectivity index (χ3v) is 2.70. The lowest BCUT2D eigenvalue weighted by Crippen LogP contribution is -2.34. The van der Waals surface area contributed by atoms with Crippen molar-refractivity contribution in [2.75, 3.05) is 18.4 Å². The minimum Gasteiger partial charge on any atom is -0.336 e. The van der Waals surface area contributed by atoms with Crippen LogP contribution in [0.2, 0.25) is 0 Å². The van der Waals surface area contributed by atoms with Gasteiger partial charge in [-0.1, -0.05) is 28.9 Å². The second-order valence-corrected chi connectivity index (χ2v) is 4.44. The van der Waals surface area contributed by atoms with Crippen molar-refractivity contribution < 1.29 is 4.79 Å². The molecule has 0 N–H and O–H groups in total. The van der Waals surface area contributed by atoms with E-state index < -0.39 is 0 Å². The summed E-state index contributed by atoms with van der Waals surface area (Å²) in [5, 5.41) is 0.796. The molecule has 1 aromatic rings. The topological polar surface area (TPSA) is 33.2 Å². The van der Waals surface area contributed by atoms with Crippen LogP contribution >= 0.6 is 15.9 Å². The van der Waals surface area contributed by atoms with Crippen molar-refractivity contribution in [1.82, 2.24) is 9.88 Å². The van der Waals surface area contributed by atoms with Gasteiger partial charge < -0.3 is 4.90 Å². The highest BCUT2D eigenvalue weighted by molar-refractivity contribution is 9.09. The average Bonchev–Trinajstić information content (AvgIpc) is 2.28. The molecule has 0 saturated heterocycles. The summed E-state index contributed by atoms with van der Waals surface area (Å²) in [4.78, 5) is 18.2. The van der Waals surface area contributed by atoms with E-state index in [0.29, 0.717) is 5.69 Å². The molecule has 0 spiro atoms.